The van der Waals surface area contributed by atoms with Crippen molar-refractivity contribution in [3.8, 4) is 5.75 Å². The molecular weight excluding hydrogens is 366 g/mol. The molecule has 29 heavy (non-hydrogen) atoms. The van der Waals surface area contributed by atoms with Crippen LogP contribution in [0.15, 0.2) is 42.6 Å². The minimum Gasteiger partial charge on any atom is -0.497 e. The zero-order chi connectivity index (χ0) is 20.1. The van der Waals surface area contributed by atoms with E-state index in [-0.39, 0.29) is 5.91 Å². The summed E-state index contributed by atoms with van der Waals surface area (Å²) in [4.78, 5) is 16.7. The van der Waals surface area contributed by atoms with Gasteiger partial charge in [-0.15, -0.1) is 0 Å². The molecule has 2 aromatic heterocycles. The highest BCUT2D eigenvalue weighted by molar-refractivity contribution is 5.79. The van der Waals surface area contributed by atoms with Crippen LogP contribution in [0, 0.1) is 0 Å². The Balaban J connectivity index is 1.32. The number of amides is 1. The molecule has 1 aliphatic heterocycles. The number of carbonyl (C=O) groups is 1. The summed E-state index contributed by atoms with van der Waals surface area (Å²) >= 11 is 0. The van der Waals surface area contributed by atoms with Gasteiger partial charge in [-0.2, -0.15) is 5.10 Å². The molecule has 7 heteroatoms. The number of methoxy groups -OCH3 is 1. The normalized spacial score (nSPS) is 16.2. The number of hydrogen-bond donors (Lipinski definition) is 2. The van der Waals surface area contributed by atoms with Crippen molar-refractivity contribution in [3.63, 3.8) is 0 Å². The van der Waals surface area contributed by atoms with E-state index < -0.39 is 0 Å². The predicted octanol–water partition coefficient (Wildman–Crippen LogP) is 2.27. The first kappa shape index (κ1) is 19.4. The monoisotopic (exact) mass is 393 g/mol. The van der Waals surface area contributed by atoms with Crippen LogP contribution in [-0.2, 0) is 17.8 Å². The fourth-order valence-electron chi connectivity index (χ4n) is 3.82. The highest BCUT2D eigenvalue weighted by Gasteiger charge is 2.23. The molecule has 152 valence electrons. The van der Waals surface area contributed by atoms with E-state index >= 15 is 0 Å². The van der Waals surface area contributed by atoms with E-state index in [1.54, 1.807) is 13.3 Å². The van der Waals surface area contributed by atoms with E-state index in [1.165, 1.54) is 0 Å². The van der Waals surface area contributed by atoms with E-state index in [1.807, 2.05) is 35.0 Å². The predicted molar refractivity (Wildman–Crippen MR) is 112 cm³/mol. The van der Waals surface area contributed by atoms with Crippen LogP contribution in [0.1, 0.15) is 30.0 Å². The molecule has 1 aromatic carbocycles. The first-order valence-corrected chi connectivity index (χ1v) is 10.2. The van der Waals surface area contributed by atoms with Crippen LogP contribution in [0.4, 0.5) is 0 Å². The number of nitrogens with zero attached hydrogens (tertiary/aromatic N) is 3. The van der Waals surface area contributed by atoms with Crippen LogP contribution in [0.5, 0.6) is 5.75 Å². The molecule has 1 aliphatic rings. The molecule has 1 fully saturated rings. The Bertz CT molecular complexity index is 961. The summed E-state index contributed by atoms with van der Waals surface area (Å²) in [5.41, 5.74) is 3.13. The number of pyridine rings is 1. The van der Waals surface area contributed by atoms with E-state index in [9.17, 15) is 4.79 Å². The zero-order valence-electron chi connectivity index (χ0n) is 16.7. The number of benzene rings is 1. The average molecular weight is 393 g/mol. The summed E-state index contributed by atoms with van der Waals surface area (Å²) in [5, 5.41) is 12.4. The van der Waals surface area contributed by atoms with Crippen LogP contribution in [-0.4, -0.2) is 47.4 Å². The van der Waals surface area contributed by atoms with Gasteiger partial charge in [-0.3, -0.25) is 4.79 Å². The maximum absolute atomic E-state index is 12.2. The van der Waals surface area contributed by atoms with Gasteiger partial charge in [0.25, 0.3) is 0 Å². The van der Waals surface area contributed by atoms with Gasteiger partial charge < -0.3 is 15.4 Å². The van der Waals surface area contributed by atoms with Gasteiger partial charge in [0, 0.05) is 37.0 Å². The lowest BCUT2D eigenvalue weighted by molar-refractivity contribution is -0.121. The lowest BCUT2D eigenvalue weighted by atomic mass is 10.0. The molecule has 3 heterocycles. The SMILES string of the molecule is COc1ccc(CCC(=O)NCCn2nc([C@@H]3CCNC3)c3cccnc32)cc1. The molecule has 1 atom stereocenters. The van der Waals surface area contributed by atoms with Crippen LogP contribution in [0.25, 0.3) is 11.0 Å². The number of nitrogens with one attached hydrogen (secondary N) is 2. The van der Waals surface area contributed by atoms with Crippen LogP contribution in [0.2, 0.25) is 0 Å². The fourth-order valence-corrected chi connectivity index (χ4v) is 3.82. The second kappa shape index (κ2) is 9.05. The molecule has 1 amide bonds. The first-order valence-electron chi connectivity index (χ1n) is 10.2. The summed E-state index contributed by atoms with van der Waals surface area (Å²) in [6.45, 7) is 3.14. The van der Waals surface area contributed by atoms with Crippen molar-refractivity contribution in [1.29, 1.82) is 0 Å². The molecule has 2 N–H and O–H groups in total. The van der Waals surface area contributed by atoms with Crippen molar-refractivity contribution in [1.82, 2.24) is 25.4 Å². The maximum Gasteiger partial charge on any atom is 0.220 e. The van der Waals surface area contributed by atoms with Crippen LogP contribution in [0.3, 0.4) is 0 Å². The number of aryl methyl sites for hydroxylation is 1. The lowest BCUT2D eigenvalue weighted by Crippen LogP contribution is -2.27. The highest BCUT2D eigenvalue weighted by atomic mass is 16.5. The summed E-state index contributed by atoms with van der Waals surface area (Å²) in [6, 6.07) is 11.9. The van der Waals surface area contributed by atoms with Gasteiger partial charge in [-0.25, -0.2) is 9.67 Å². The molecule has 0 radical (unpaired) electrons. The number of carbonyl (C=O) groups excluding carboxylic acids is 1. The Morgan fingerprint density at radius 3 is 2.93 bits per heavy atom. The fraction of sp³-hybridized carbons (Fsp3) is 0.409. The topological polar surface area (TPSA) is 81.1 Å². The van der Waals surface area contributed by atoms with Gasteiger partial charge >= 0.3 is 0 Å². The second-order valence-corrected chi connectivity index (χ2v) is 7.37. The summed E-state index contributed by atoms with van der Waals surface area (Å²) in [5.74, 6) is 1.30. The van der Waals surface area contributed by atoms with E-state index in [4.69, 9.17) is 9.84 Å². The molecule has 1 saturated heterocycles. The van der Waals surface area contributed by atoms with Crippen molar-refractivity contribution in [2.24, 2.45) is 0 Å². The third kappa shape index (κ3) is 4.56. The quantitative estimate of drug-likeness (QED) is 0.614. The van der Waals surface area contributed by atoms with Crippen molar-refractivity contribution in [2.75, 3.05) is 26.7 Å². The third-order valence-electron chi connectivity index (χ3n) is 5.43. The molecule has 0 spiro atoms. The van der Waals surface area contributed by atoms with Gasteiger partial charge in [0.05, 0.1) is 19.3 Å². The van der Waals surface area contributed by atoms with Crippen molar-refractivity contribution in [3.05, 3.63) is 53.9 Å². The van der Waals surface area contributed by atoms with E-state index in [2.05, 4.69) is 21.7 Å². The molecule has 0 saturated carbocycles. The third-order valence-corrected chi connectivity index (χ3v) is 5.43. The minimum absolute atomic E-state index is 0.0467. The molecule has 0 bridgehead atoms. The van der Waals surface area contributed by atoms with Crippen LogP contribution >= 0.6 is 0 Å². The Hall–Kier alpha value is -2.93. The van der Waals surface area contributed by atoms with Gasteiger partial charge in [0.15, 0.2) is 5.65 Å². The molecule has 0 unspecified atom stereocenters. The number of aromatic nitrogens is 3. The smallest absolute Gasteiger partial charge is 0.220 e. The Kier molecular flexibility index (Phi) is 6.05. The second-order valence-electron chi connectivity index (χ2n) is 7.37. The number of rotatable bonds is 8. The van der Waals surface area contributed by atoms with Gasteiger partial charge in [-0.05, 0) is 49.2 Å². The number of ether oxygens (including phenoxy) is 1. The first-order chi connectivity index (χ1) is 14.2. The summed E-state index contributed by atoms with van der Waals surface area (Å²) < 4.78 is 7.08. The maximum atomic E-state index is 12.2. The van der Waals surface area contributed by atoms with Crippen molar-refractivity contribution in [2.45, 2.75) is 31.7 Å². The molecule has 7 nitrogen and oxygen atoms in total. The molecule has 0 aliphatic carbocycles. The van der Waals surface area contributed by atoms with Crippen molar-refractivity contribution >= 4 is 16.9 Å². The molecule has 3 aromatic rings. The lowest BCUT2D eigenvalue weighted by Gasteiger charge is -2.07. The highest BCUT2D eigenvalue weighted by Crippen LogP contribution is 2.27. The summed E-state index contributed by atoms with van der Waals surface area (Å²) in [6.07, 6.45) is 4.07. The van der Waals surface area contributed by atoms with E-state index in [0.717, 1.165) is 47.6 Å². The Morgan fingerprint density at radius 2 is 2.17 bits per heavy atom. The molecular formula is C22H27N5O2. The number of fused-ring (bicyclic) bond motifs is 1. The minimum atomic E-state index is 0.0467. The van der Waals surface area contributed by atoms with E-state index in [0.29, 0.717) is 31.8 Å². The standard InChI is InChI=1S/C22H27N5O2/c1-29-18-7-4-16(5-8-18)6-9-20(28)24-13-14-27-22-19(3-2-11-25-22)21(26-27)17-10-12-23-15-17/h2-5,7-8,11,17,23H,6,9-10,12-15H2,1H3,(H,24,28)/t17-/m1/s1. The van der Waals surface area contributed by atoms with Gasteiger partial charge in [-0.1, -0.05) is 12.1 Å². The van der Waals surface area contributed by atoms with Crippen LogP contribution < -0.4 is 15.4 Å². The Labute approximate surface area is 170 Å². The van der Waals surface area contributed by atoms with Gasteiger partial charge in [0.2, 0.25) is 5.91 Å². The summed E-state index contributed by atoms with van der Waals surface area (Å²) in [7, 11) is 1.65. The Morgan fingerprint density at radius 1 is 1.31 bits per heavy atom. The largest absolute Gasteiger partial charge is 0.497 e. The van der Waals surface area contributed by atoms with Crippen molar-refractivity contribution < 1.29 is 9.53 Å². The van der Waals surface area contributed by atoms with Gasteiger partial charge in [0.1, 0.15) is 5.75 Å². The number of hydrogen-bond acceptors (Lipinski definition) is 5. The zero-order valence-corrected chi connectivity index (χ0v) is 16.7. The molecule has 4 rings (SSSR count). The average Bonchev–Trinajstić information content (AvgIpc) is 3.41.